The molecule has 0 saturated heterocycles. The molecule has 0 saturated carbocycles. The Bertz CT molecular complexity index is 1130. The molecule has 1 aromatic heterocycles. The number of nitrogens with one attached hydrogen (secondary N) is 3. The molecule has 2 atom stereocenters. The predicted octanol–water partition coefficient (Wildman–Crippen LogP) is 3.65. The van der Waals surface area contributed by atoms with Crippen LogP contribution in [0.25, 0.3) is 6.08 Å². The van der Waals surface area contributed by atoms with Crippen LogP contribution in [0.15, 0.2) is 49.2 Å². The molecule has 0 unspecified atom stereocenters. The lowest BCUT2D eigenvalue weighted by atomic mass is 9.84. The molecule has 9 nitrogen and oxygen atoms in total. The van der Waals surface area contributed by atoms with E-state index in [0.29, 0.717) is 6.54 Å². The number of carbonyl (C=O) groups is 3. The topological polar surface area (TPSA) is 116 Å². The number of carbonyl (C=O) groups excluding carboxylic acids is 3. The Hall–Kier alpha value is -3.43. The van der Waals surface area contributed by atoms with Gasteiger partial charge in [0.25, 0.3) is 5.91 Å². The van der Waals surface area contributed by atoms with Crippen molar-refractivity contribution < 1.29 is 19.5 Å². The molecule has 0 aliphatic heterocycles. The van der Waals surface area contributed by atoms with Gasteiger partial charge in [0.05, 0.1) is 6.04 Å². The number of hydrazine groups is 1. The molecule has 40 heavy (non-hydrogen) atoms. The van der Waals surface area contributed by atoms with Gasteiger partial charge in [-0.3, -0.25) is 19.4 Å². The molecular weight excluding hydrogens is 506 g/mol. The van der Waals surface area contributed by atoms with E-state index in [1.165, 1.54) is 5.01 Å². The van der Waals surface area contributed by atoms with Crippen LogP contribution >= 0.6 is 0 Å². The zero-order valence-electron chi connectivity index (χ0n) is 25.0. The second-order valence-electron chi connectivity index (χ2n) is 11.8. The first-order valence-corrected chi connectivity index (χ1v) is 13.9. The lowest BCUT2D eigenvalue weighted by Crippen LogP contribution is -2.53. The minimum atomic E-state index is -0.690. The molecule has 220 valence electrons. The molecule has 1 aromatic carbocycles. The van der Waals surface area contributed by atoms with Crippen molar-refractivity contribution in [2.24, 2.45) is 11.3 Å². The zero-order chi connectivity index (χ0) is 30.0. The van der Waals surface area contributed by atoms with Crippen LogP contribution in [-0.4, -0.2) is 57.6 Å². The van der Waals surface area contributed by atoms with Crippen molar-refractivity contribution in [3.05, 3.63) is 66.0 Å². The fourth-order valence-electron chi connectivity index (χ4n) is 4.62. The van der Waals surface area contributed by atoms with Crippen LogP contribution in [-0.2, 0) is 20.9 Å². The van der Waals surface area contributed by atoms with Gasteiger partial charge in [0.1, 0.15) is 12.6 Å². The smallest absolute Gasteiger partial charge is 0.263 e. The number of aliphatic hydroxyl groups is 1. The fraction of sp³-hybridized carbons (Fsp3) is 0.516. The maximum absolute atomic E-state index is 13.1. The Morgan fingerprint density at radius 1 is 1.07 bits per heavy atom. The van der Waals surface area contributed by atoms with Gasteiger partial charge in [-0.2, -0.15) is 0 Å². The molecule has 2 rings (SSSR count). The van der Waals surface area contributed by atoms with Crippen molar-refractivity contribution in [2.45, 2.75) is 79.6 Å². The first-order chi connectivity index (χ1) is 18.8. The number of nitrogens with zero attached hydrogens (tertiary/aromatic N) is 2. The number of rotatable bonds is 14. The van der Waals surface area contributed by atoms with Crippen molar-refractivity contribution >= 4 is 23.8 Å². The number of hydrogen-bond donors (Lipinski definition) is 4. The lowest BCUT2D eigenvalue weighted by molar-refractivity contribution is -0.144. The number of aliphatic hydroxyl groups excluding tert-OH is 1. The van der Waals surface area contributed by atoms with E-state index < -0.39 is 30.0 Å². The van der Waals surface area contributed by atoms with Crippen LogP contribution in [0.1, 0.15) is 77.7 Å². The summed E-state index contributed by atoms with van der Waals surface area (Å²) >= 11 is 0. The van der Waals surface area contributed by atoms with Crippen molar-refractivity contribution in [1.82, 2.24) is 25.6 Å². The summed E-state index contributed by atoms with van der Waals surface area (Å²) in [6.07, 6.45) is 3.80. The van der Waals surface area contributed by atoms with Gasteiger partial charge in [-0.25, -0.2) is 5.43 Å². The Labute approximate surface area is 239 Å². The minimum absolute atomic E-state index is 0.0349. The Balaban J connectivity index is 2.29. The monoisotopic (exact) mass is 553 g/mol. The van der Waals surface area contributed by atoms with Crippen LogP contribution < -0.4 is 16.1 Å². The molecule has 3 amide bonds. The molecule has 0 aliphatic carbocycles. The van der Waals surface area contributed by atoms with Crippen molar-refractivity contribution in [3.63, 3.8) is 0 Å². The van der Waals surface area contributed by atoms with E-state index in [9.17, 15) is 19.5 Å². The summed E-state index contributed by atoms with van der Waals surface area (Å²) in [5, 5.41) is 17.0. The number of hydrogen-bond acceptors (Lipinski definition) is 5. The largest absolute Gasteiger partial charge is 0.386 e. The van der Waals surface area contributed by atoms with E-state index in [1.54, 1.807) is 6.08 Å². The molecule has 0 radical (unpaired) electrons. The van der Waals surface area contributed by atoms with Gasteiger partial charge in [0.15, 0.2) is 0 Å². The third kappa shape index (κ3) is 9.34. The maximum atomic E-state index is 13.1. The van der Waals surface area contributed by atoms with Crippen LogP contribution in [0.3, 0.4) is 0 Å². The van der Waals surface area contributed by atoms with E-state index >= 15 is 0 Å². The second-order valence-corrected chi connectivity index (χ2v) is 11.8. The highest BCUT2D eigenvalue weighted by Gasteiger charge is 2.37. The van der Waals surface area contributed by atoms with E-state index in [2.05, 4.69) is 27.2 Å². The fourth-order valence-corrected chi connectivity index (χ4v) is 4.62. The highest BCUT2D eigenvalue weighted by molar-refractivity contribution is 5.88. The van der Waals surface area contributed by atoms with Gasteiger partial charge >= 0.3 is 0 Å². The highest BCUT2D eigenvalue weighted by atomic mass is 16.3. The van der Waals surface area contributed by atoms with E-state index in [4.69, 9.17) is 0 Å². The van der Waals surface area contributed by atoms with E-state index in [1.807, 2.05) is 91.1 Å². The van der Waals surface area contributed by atoms with Gasteiger partial charge in [-0.1, -0.05) is 77.6 Å². The number of aromatic nitrogens is 1. The lowest BCUT2D eigenvalue weighted by Gasteiger charge is -2.40. The van der Waals surface area contributed by atoms with Gasteiger partial charge in [0, 0.05) is 37.4 Å². The molecule has 9 heteroatoms. The summed E-state index contributed by atoms with van der Waals surface area (Å²) < 4.78 is 2.09. The Kier molecular flexibility index (Phi) is 12.1. The van der Waals surface area contributed by atoms with Crippen molar-refractivity contribution in [3.8, 4) is 0 Å². The second kappa shape index (κ2) is 14.8. The number of amides is 3. The summed E-state index contributed by atoms with van der Waals surface area (Å²) in [4.78, 5) is 38.4. The molecule has 0 spiro atoms. The quantitative estimate of drug-likeness (QED) is 0.267. The molecule has 2 aromatic rings. The van der Waals surface area contributed by atoms with Crippen molar-refractivity contribution in [2.75, 3.05) is 13.2 Å². The minimum Gasteiger partial charge on any atom is -0.386 e. The molecule has 1 heterocycles. The summed E-state index contributed by atoms with van der Waals surface area (Å²) in [7, 11) is 0. The molecule has 0 fully saturated rings. The third-order valence-electron chi connectivity index (χ3n) is 6.48. The van der Waals surface area contributed by atoms with Crippen LogP contribution in [0.5, 0.6) is 0 Å². The van der Waals surface area contributed by atoms with Crippen molar-refractivity contribution in [1.29, 1.82) is 0 Å². The first kappa shape index (κ1) is 32.8. The maximum Gasteiger partial charge on any atom is 0.263 e. The molecule has 0 bridgehead atoms. The average Bonchev–Trinajstić information content (AvgIpc) is 3.27. The molecule has 0 aliphatic rings. The SMILES string of the molecule is C=Cc1cc([C@H](N(NCCC(=O)N[C@H](C(=O)NC(C)C)C(C)C)C(=O)CO)C(C)(C)C)n(Cc2ccccc2)c1. The summed E-state index contributed by atoms with van der Waals surface area (Å²) in [6, 6.07) is 10.8. The van der Waals surface area contributed by atoms with Crippen LogP contribution in [0.2, 0.25) is 0 Å². The van der Waals surface area contributed by atoms with Gasteiger partial charge in [0.2, 0.25) is 11.8 Å². The zero-order valence-corrected chi connectivity index (χ0v) is 25.0. The average molecular weight is 554 g/mol. The predicted molar refractivity (Wildman–Crippen MR) is 159 cm³/mol. The van der Waals surface area contributed by atoms with Crippen LogP contribution in [0, 0.1) is 11.3 Å². The summed E-state index contributed by atoms with van der Waals surface area (Å²) in [5.41, 5.74) is 5.56. The van der Waals surface area contributed by atoms with E-state index in [-0.39, 0.29) is 36.7 Å². The Morgan fingerprint density at radius 3 is 2.25 bits per heavy atom. The normalized spacial score (nSPS) is 13.2. The van der Waals surface area contributed by atoms with Gasteiger partial charge < -0.3 is 20.3 Å². The molecule has 4 N–H and O–H groups in total. The van der Waals surface area contributed by atoms with Crippen LogP contribution in [0.4, 0.5) is 0 Å². The first-order valence-electron chi connectivity index (χ1n) is 13.9. The van der Waals surface area contributed by atoms with Gasteiger partial charge in [-0.05, 0) is 42.4 Å². The van der Waals surface area contributed by atoms with Gasteiger partial charge in [-0.15, -0.1) is 0 Å². The molecular formula is C31H47N5O4. The Morgan fingerprint density at radius 2 is 1.73 bits per heavy atom. The third-order valence-corrected chi connectivity index (χ3v) is 6.48. The van der Waals surface area contributed by atoms with E-state index in [0.717, 1.165) is 16.8 Å². The number of benzene rings is 1. The summed E-state index contributed by atoms with van der Waals surface area (Å²) in [6.45, 7) is 17.5. The standard InChI is InChI=1S/C31H47N5O4/c1-9-23-17-25(35(18-23)19-24-13-11-10-12-14-24)29(31(6,7)8)36(27(39)20-37)32-16-15-26(38)34-28(21(2)3)30(40)33-22(4)5/h9-14,17-18,21-22,28-29,32,37H,1,15-16,19-20H2,2-8H3,(H,33,40)(H,34,38)/t28-,29-/m0/s1. The highest BCUT2D eigenvalue weighted by Crippen LogP contribution is 2.38. The summed E-state index contributed by atoms with van der Waals surface area (Å²) in [5.74, 6) is -1.14.